The molecule has 1 aromatic heterocycles. The quantitative estimate of drug-likeness (QED) is 0.872. The number of pyridine rings is 1. The summed E-state index contributed by atoms with van der Waals surface area (Å²) in [5, 5.41) is 2.55. The molecule has 0 radical (unpaired) electrons. The van der Waals surface area contributed by atoms with Gasteiger partial charge in [-0.3, -0.25) is 9.59 Å². The Kier molecular flexibility index (Phi) is 5.53. The van der Waals surface area contributed by atoms with Gasteiger partial charge in [-0.2, -0.15) is 13.2 Å². The van der Waals surface area contributed by atoms with Crippen LogP contribution in [0, 0.1) is 0 Å². The van der Waals surface area contributed by atoms with Gasteiger partial charge in [-0.05, 0) is 36.4 Å². The summed E-state index contributed by atoms with van der Waals surface area (Å²) in [5.74, 6) is 0.289. The molecule has 1 N–H and O–H groups in total. The van der Waals surface area contributed by atoms with Gasteiger partial charge in [0.05, 0.1) is 11.1 Å². The van der Waals surface area contributed by atoms with Crippen molar-refractivity contribution in [3.63, 3.8) is 0 Å². The number of anilines is 2. The van der Waals surface area contributed by atoms with E-state index in [0.717, 1.165) is 12.1 Å². The topological polar surface area (TPSA) is 65.5 Å². The molecule has 1 aliphatic heterocycles. The van der Waals surface area contributed by atoms with E-state index >= 15 is 0 Å². The molecule has 0 spiro atoms. The molecule has 2 amide bonds. The monoisotopic (exact) mass is 392 g/mol. The number of nitrogens with one attached hydrogen (secondary N) is 1. The van der Waals surface area contributed by atoms with Crippen molar-refractivity contribution in [1.29, 1.82) is 0 Å². The van der Waals surface area contributed by atoms with Crippen LogP contribution in [0.15, 0.2) is 42.6 Å². The fraction of sp³-hybridized carbons (Fsp3) is 0.316. The molecule has 1 aliphatic rings. The first-order valence-corrected chi connectivity index (χ1v) is 8.69. The van der Waals surface area contributed by atoms with Crippen LogP contribution in [-0.4, -0.2) is 47.9 Å². The summed E-state index contributed by atoms with van der Waals surface area (Å²) >= 11 is 0. The third kappa shape index (κ3) is 4.59. The molecule has 148 valence electrons. The van der Waals surface area contributed by atoms with Gasteiger partial charge in [0.25, 0.3) is 5.91 Å². The number of rotatable bonds is 3. The Balaban J connectivity index is 1.60. The highest BCUT2D eigenvalue weighted by molar-refractivity contribution is 6.04. The van der Waals surface area contributed by atoms with E-state index in [2.05, 4.69) is 10.3 Å². The predicted molar refractivity (Wildman–Crippen MR) is 98.1 cm³/mol. The summed E-state index contributed by atoms with van der Waals surface area (Å²) in [6.45, 7) is 4.09. The van der Waals surface area contributed by atoms with Crippen molar-refractivity contribution >= 4 is 23.3 Å². The molecule has 6 nitrogen and oxygen atoms in total. The lowest BCUT2D eigenvalue weighted by Crippen LogP contribution is -2.48. The summed E-state index contributed by atoms with van der Waals surface area (Å²) in [6.07, 6.45) is -3.00. The molecule has 9 heteroatoms. The molecule has 0 aliphatic carbocycles. The lowest BCUT2D eigenvalue weighted by atomic mass is 10.2. The SMILES string of the molecule is CC(=O)N1CCN(c2ccc(C(=O)Nc3ccc(C(F)(F)F)cc3)cn2)CC1. The zero-order chi connectivity index (χ0) is 20.3. The maximum Gasteiger partial charge on any atom is 0.416 e. The Labute approximate surface area is 160 Å². The highest BCUT2D eigenvalue weighted by Crippen LogP contribution is 2.29. The molecule has 2 aromatic rings. The molecule has 3 rings (SSSR count). The second kappa shape index (κ2) is 7.87. The van der Waals surface area contributed by atoms with Crippen LogP contribution in [0.2, 0.25) is 0 Å². The van der Waals surface area contributed by atoms with Crippen LogP contribution in [0.25, 0.3) is 0 Å². The standard InChI is InChI=1S/C19H19F3N4O2/c1-13(27)25-8-10-26(11-9-25)17-7-2-14(12-23-17)18(28)24-16-5-3-15(4-6-16)19(20,21)22/h2-7,12H,8-11H2,1H3,(H,24,28). The number of halogens is 3. The number of carbonyl (C=O) groups excluding carboxylic acids is 2. The van der Waals surface area contributed by atoms with Crippen molar-refractivity contribution in [2.75, 3.05) is 36.4 Å². The van der Waals surface area contributed by atoms with Crippen molar-refractivity contribution in [2.45, 2.75) is 13.1 Å². The highest BCUT2D eigenvalue weighted by atomic mass is 19.4. The molecule has 1 saturated heterocycles. The zero-order valence-corrected chi connectivity index (χ0v) is 15.2. The number of hydrogen-bond donors (Lipinski definition) is 1. The Hall–Kier alpha value is -3.10. The second-order valence-corrected chi connectivity index (χ2v) is 6.43. The van der Waals surface area contributed by atoms with Crippen LogP contribution in [-0.2, 0) is 11.0 Å². The normalized spacial score (nSPS) is 14.7. The fourth-order valence-corrected chi connectivity index (χ4v) is 2.90. The van der Waals surface area contributed by atoms with Crippen LogP contribution in [0.4, 0.5) is 24.7 Å². The van der Waals surface area contributed by atoms with E-state index in [0.29, 0.717) is 37.6 Å². The van der Waals surface area contributed by atoms with Crippen molar-refractivity contribution in [2.24, 2.45) is 0 Å². The van der Waals surface area contributed by atoms with Crippen LogP contribution in [0.1, 0.15) is 22.8 Å². The van der Waals surface area contributed by atoms with Gasteiger partial charge in [0.2, 0.25) is 5.91 Å². The molecule has 0 unspecified atom stereocenters. The summed E-state index contributed by atoms with van der Waals surface area (Å²) in [6, 6.07) is 7.56. The first-order valence-electron chi connectivity index (χ1n) is 8.69. The molecule has 1 aromatic carbocycles. The molecule has 0 bridgehead atoms. The maximum atomic E-state index is 12.6. The van der Waals surface area contributed by atoms with E-state index in [1.165, 1.54) is 25.3 Å². The average molecular weight is 392 g/mol. The van der Waals surface area contributed by atoms with Crippen molar-refractivity contribution in [3.8, 4) is 0 Å². The minimum atomic E-state index is -4.42. The number of carbonyl (C=O) groups is 2. The minimum absolute atomic E-state index is 0.0443. The summed E-state index contributed by atoms with van der Waals surface area (Å²) < 4.78 is 37.7. The van der Waals surface area contributed by atoms with Gasteiger partial charge in [0.1, 0.15) is 5.82 Å². The minimum Gasteiger partial charge on any atom is -0.353 e. The van der Waals surface area contributed by atoms with E-state index in [-0.39, 0.29) is 11.6 Å². The lowest BCUT2D eigenvalue weighted by molar-refractivity contribution is -0.137. The third-order valence-corrected chi connectivity index (χ3v) is 4.53. The fourth-order valence-electron chi connectivity index (χ4n) is 2.90. The Bertz CT molecular complexity index is 843. The van der Waals surface area contributed by atoms with Gasteiger partial charge in [-0.15, -0.1) is 0 Å². The predicted octanol–water partition coefficient (Wildman–Crippen LogP) is 3.02. The van der Waals surface area contributed by atoms with E-state index < -0.39 is 17.6 Å². The summed E-state index contributed by atoms with van der Waals surface area (Å²) in [7, 11) is 0. The van der Waals surface area contributed by atoms with Gasteiger partial charge in [-0.1, -0.05) is 0 Å². The molecular weight excluding hydrogens is 373 g/mol. The Morgan fingerprint density at radius 2 is 1.64 bits per heavy atom. The Morgan fingerprint density at radius 1 is 1.00 bits per heavy atom. The van der Waals surface area contributed by atoms with Gasteiger partial charge in [0.15, 0.2) is 0 Å². The molecule has 1 fully saturated rings. The smallest absolute Gasteiger partial charge is 0.353 e. The number of aromatic nitrogens is 1. The third-order valence-electron chi connectivity index (χ3n) is 4.53. The van der Waals surface area contributed by atoms with Gasteiger partial charge in [-0.25, -0.2) is 4.98 Å². The number of piperazine rings is 1. The Morgan fingerprint density at radius 3 is 2.14 bits per heavy atom. The van der Waals surface area contributed by atoms with Gasteiger partial charge >= 0.3 is 6.18 Å². The van der Waals surface area contributed by atoms with Crippen LogP contribution in [0.5, 0.6) is 0 Å². The molecule has 2 heterocycles. The molecule has 0 saturated carbocycles. The number of benzene rings is 1. The number of alkyl halides is 3. The van der Waals surface area contributed by atoms with Crippen molar-refractivity contribution in [3.05, 3.63) is 53.7 Å². The number of hydrogen-bond acceptors (Lipinski definition) is 4. The van der Waals surface area contributed by atoms with Crippen LogP contribution >= 0.6 is 0 Å². The van der Waals surface area contributed by atoms with Crippen molar-refractivity contribution < 1.29 is 22.8 Å². The second-order valence-electron chi connectivity index (χ2n) is 6.43. The van der Waals surface area contributed by atoms with E-state index in [4.69, 9.17) is 0 Å². The van der Waals surface area contributed by atoms with E-state index in [1.54, 1.807) is 17.0 Å². The largest absolute Gasteiger partial charge is 0.416 e. The van der Waals surface area contributed by atoms with E-state index in [1.807, 2.05) is 4.90 Å². The average Bonchev–Trinajstić information content (AvgIpc) is 2.68. The lowest BCUT2D eigenvalue weighted by Gasteiger charge is -2.34. The number of amides is 2. The highest BCUT2D eigenvalue weighted by Gasteiger charge is 2.30. The van der Waals surface area contributed by atoms with E-state index in [9.17, 15) is 22.8 Å². The van der Waals surface area contributed by atoms with Gasteiger partial charge in [0, 0.05) is 45.0 Å². The summed E-state index contributed by atoms with van der Waals surface area (Å²) in [4.78, 5) is 31.7. The van der Waals surface area contributed by atoms with Crippen molar-refractivity contribution in [1.82, 2.24) is 9.88 Å². The van der Waals surface area contributed by atoms with Crippen LogP contribution in [0.3, 0.4) is 0 Å². The van der Waals surface area contributed by atoms with Gasteiger partial charge < -0.3 is 15.1 Å². The molecule has 28 heavy (non-hydrogen) atoms. The number of nitrogens with zero attached hydrogens (tertiary/aromatic N) is 3. The first kappa shape index (κ1) is 19.7. The zero-order valence-electron chi connectivity index (χ0n) is 15.2. The first-order chi connectivity index (χ1) is 13.2. The molecule has 0 atom stereocenters. The summed E-state index contributed by atoms with van der Waals surface area (Å²) in [5.41, 5.74) is -0.213. The maximum absolute atomic E-state index is 12.6. The van der Waals surface area contributed by atoms with Crippen LogP contribution < -0.4 is 10.2 Å². The molecular formula is C19H19F3N4O2.